The molecule has 0 heterocycles. The molecule has 0 spiro atoms. The van der Waals surface area contributed by atoms with Crippen molar-refractivity contribution in [3.63, 3.8) is 0 Å². The monoisotopic (exact) mass is 325 g/mol. The molecule has 3 N–H and O–H groups in total. The largest absolute Gasteiger partial charge is 0.349 e. The number of nitrogens with one attached hydrogen (secondary N) is 1. The van der Waals surface area contributed by atoms with Crippen molar-refractivity contribution >= 4 is 19.3 Å². The first-order valence-electron chi connectivity index (χ1n) is 7.28. The van der Waals surface area contributed by atoms with E-state index < -0.39 is 13.8 Å². The van der Waals surface area contributed by atoms with Crippen molar-refractivity contribution in [2.45, 2.75) is 31.7 Å². The van der Waals surface area contributed by atoms with E-state index >= 15 is 0 Å². The maximum absolute atomic E-state index is 12.0. The molecule has 1 saturated carbocycles. The molecular weight excluding hydrogens is 305 g/mol. The predicted molar refractivity (Wildman–Crippen MR) is 81.6 cm³/mol. The number of benzene rings is 1. The highest BCUT2D eigenvalue weighted by Crippen LogP contribution is 2.37. The van der Waals surface area contributed by atoms with Gasteiger partial charge in [-0.15, -0.1) is 0 Å². The van der Waals surface area contributed by atoms with Gasteiger partial charge in [0, 0.05) is 17.5 Å². The predicted octanol–water partition coefficient (Wildman–Crippen LogP) is 1.72. The van der Waals surface area contributed by atoms with Crippen molar-refractivity contribution in [1.29, 1.82) is 0 Å². The summed E-state index contributed by atoms with van der Waals surface area (Å²) in [7, 11) is -4.29. The minimum Gasteiger partial charge on any atom is -0.349 e. The molecule has 120 valence electrons. The molecule has 0 unspecified atom stereocenters. The van der Waals surface area contributed by atoms with E-state index in [0.29, 0.717) is 31.2 Å². The fourth-order valence-electron chi connectivity index (χ4n) is 2.75. The van der Waals surface area contributed by atoms with E-state index in [0.717, 1.165) is 0 Å². The molecule has 1 fully saturated rings. The third-order valence-electron chi connectivity index (χ3n) is 3.92. The van der Waals surface area contributed by atoms with Gasteiger partial charge in [0.1, 0.15) is 11.9 Å². The van der Waals surface area contributed by atoms with Crippen LogP contribution in [0.5, 0.6) is 0 Å². The Hall–Kier alpha value is -1.49. The summed E-state index contributed by atoms with van der Waals surface area (Å²) in [6.07, 6.45) is 1.72. The van der Waals surface area contributed by atoms with E-state index in [9.17, 15) is 14.2 Å². The van der Waals surface area contributed by atoms with Crippen LogP contribution in [0.15, 0.2) is 30.3 Å². The first-order chi connectivity index (χ1) is 10.3. The van der Waals surface area contributed by atoms with Crippen molar-refractivity contribution in [3.05, 3.63) is 35.9 Å². The van der Waals surface area contributed by atoms with Gasteiger partial charge in [-0.3, -0.25) is 14.2 Å². The zero-order valence-electron chi connectivity index (χ0n) is 12.1. The molecule has 1 aliphatic rings. The van der Waals surface area contributed by atoms with Crippen molar-refractivity contribution in [1.82, 2.24) is 5.32 Å². The lowest BCUT2D eigenvalue weighted by molar-refractivity contribution is -0.121. The summed E-state index contributed by atoms with van der Waals surface area (Å²) in [5.74, 6) is -0.815. The van der Waals surface area contributed by atoms with Crippen molar-refractivity contribution in [2.24, 2.45) is 5.92 Å². The molecule has 1 aromatic rings. The lowest BCUT2D eigenvalue weighted by atomic mass is 9.84. The first kappa shape index (κ1) is 16.9. The van der Waals surface area contributed by atoms with E-state index in [2.05, 4.69) is 5.32 Å². The summed E-state index contributed by atoms with van der Waals surface area (Å²) in [6, 6.07) is 8.93. The number of amides is 1. The molecular formula is C15H20NO5P. The van der Waals surface area contributed by atoms with Gasteiger partial charge in [0.25, 0.3) is 5.91 Å². The van der Waals surface area contributed by atoms with E-state index in [1.807, 2.05) is 6.07 Å². The maximum Gasteiger partial charge on any atom is 0.332 e. The van der Waals surface area contributed by atoms with E-state index in [4.69, 9.17) is 9.79 Å². The smallest absolute Gasteiger partial charge is 0.332 e. The summed E-state index contributed by atoms with van der Waals surface area (Å²) in [5.41, 5.74) is 0.599. The zero-order valence-corrected chi connectivity index (χ0v) is 13.0. The molecule has 6 nitrogen and oxygen atoms in total. The van der Waals surface area contributed by atoms with Gasteiger partial charge in [-0.25, -0.2) is 0 Å². The molecule has 7 heteroatoms. The summed E-state index contributed by atoms with van der Waals surface area (Å²) < 4.78 is 10.9. The Bertz CT molecular complexity index is 575. The second-order valence-corrected chi connectivity index (χ2v) is 7.32. The molecule has 0 aromatic heterocycles. The Kier molecular flexibility index (Phi) is 5.51. The fourth-order valence-corrected chi connectivity index (χ4v) is 3.41. The second-order valence-electron chi connectivity index (χ2n) is 5.68. The summed E-state index contributed by atoms with van der Waals surface area (Å²) >= 11 is 0. The third-order valence-corrected chi connectivity index (χ3v) is 4.64. The van der Waals surface area contributed by atoms with Gasteiger partial charge in [-0.2, -0.15) is 0 Å². The van der Waals surface area contributed by atoms with Crippen LogP contribution < -0.4 is 5.32 Å². The summed E-state index contributed by atoms with van der Waals surface area (Å²) in [6.45, 7) is 0. The first-order valence-corrected chi connectivity index (χ1v) is 9.08. The number of Topliss-reactive ketones (excluding diaryl/α,β-unsaturated/α-hetero) is 1. The summed E-state index contributed by atoms with van der Waals surface area (Å²) in [5, 5.41) is 2.94. The van der Waals surface area contributed by atoms with E-state index in [1.54, 1.807) is 24.3 Å². The van der Waals surface area contributed by atoms with Crippen LogP contribution in [0.2, 0.25) is 0 Å². The SMILES string of the molecule is O=C(NC1CCC(C(=O)CP(=O)(O)O)CC1)c1ccccc1. The Morgan fingerprint density at radius 1 is 1.09 bits per heavy atom. The molecule has 2 rings (SSSR count). The molecule has 0 radical (unpaired) electrons. The second kappa shape index (κ2) is 7.18. The topological polar surface area (TPSA) is 104 Å². The van der Waals surface area contributed by atoms with Crippen LogP contribution >= 0.6 is 7.60 Å². The van der Waals surface area contributed by atoms with Crippen molar-refractivity contribution in [2.75, 3.05) is 6.16 Å². The minimum atomic E-state index is -4.29. The Morgan fingerprint density at radius 3 is 2.23 bits per heavy atom. The lowest BCUT2D eigenvalue weighted by Crippen LogP contribution is -2.39. The van der Waals surface area contributed by atoms with Gasteiger partial charge in [0.2, 0.25) is 0 Å². The maximum atomic E-state index is 12.0. The van der Waals surface area contributed by atoms with E-state index in [1.165, 1.54) is 0 Å². The number of carbonyl (C=O) groups excluding carboxylic acids is 2. The van der Waals surface area contributed by atoms with Crippen LogP contribution in [0.3, 0.4) is 0 Å². The van der Waals surface area contributed by atoms with Crippen LogP contribution in [-0.4, -0.2) is 33.7 Å². The molecule has 1 amide bonds. The number of rotatable bonds is 5. The highest BCUT2D eigenvalue weighted by molar-refractivity contribution is 7.52. The van der Waals surface area contributed by atoms with Crippen molar-refractivity contribution in [3.8, 4) is 0 Å². The number of ketones is 1. The molecule has 1 aromatic carbocycles. The fraction of sp³-hybridized carbons (Fsp3) is 0.467. The highest BCUT2D eigenvalue weighted by atomic mass is 31.2. The van der Waals surface area contributed by atoms with E-state index in [-0.39, 0.29) is 23.7 Å². The standard InChI is InChI=1S/C15H20NO5P/c17-14(10-22(19,20)21)11-6-8-13(9-7-11)16-15(18)12-4-2-1-3-5-12/h1-5,11,13H,6-10H2,(H,16,18)(H2,19,20,21). The number of hydrogen-bond acceptors (Lipinski definition) is 3. The average Bonchev–Trinajstić information content (AvgIpc) is 2.47. The number of hydrogen-bond donors (Lipinski definition) is 3. The van der Waals surface area contributed by atoms with Crippen LogP contribution in [0, 0.1) is 5.92 Å². The Balaban J connectivity index is 1.81. The molecule has 0 atom stereocenters. The van der Waals surface area contributed by atoms with Gasteiger partial charge < -0.3 is 15.1 Å². The van der Waals surface area contributed by atoms with Gasteiger partial charge in [0.15, 0.2) is 0 Å². The average molecular weight is 325 g/mol. The third kappa shape index (κ3) is 5.05. The summed E-state index contributed by atoms with van der Waals surface area (Å²) in [4.78, 5) is 41.5. The molecule has 1 aliphatic carbocycles. The highest BCUT2D eigenvalue weighted by Gasteiger charge is 2.30. The van der Waals surface area contributed by atoms with Crippen molar-refractivity contribution < 1.29 is 23.9 Å². The Labute approximate surface area is 129 Å². The van der Waals surface area contributed by atoms with Gasteiger partial charge in [-0.1, -0.05) is 18.2 Å². The van der Waals surface area contributed by atoms with Crippen LogP contribution in [0.1, 0.15) is 36.0 Å². The van der Waals surface area contributed by atoms with Crippen LogP contribution in [-0.2, 0) is 9.36 Å². The number of carbonyl (C=O) groups is 2. The molecule has 22 heavy (non-hydrogen) atoms. The minimum absolute atomic E-state index is 0.00631. The Morgan fingerprint density at radius 2 is 1.68 bits per heavy atom. The van der Waals surface area contributed by atoms with Gasteiger partial charge >= 0.3 is 7.60 Å². The van der Waals surface area contributed by atoms with Gasteiger partial charge in [0.05, 0.1) is 0 Å². The van der Waals surface area contributed by atoms with Gasteiger partial charge in [-0.05, 0) is 37.8 Å². The normalized spacial score (nSPS) is 22.1. The van der Waals surface area contributed by atoms with Crippen LogP contribution in [0.25, 0.3) is 0 Å². The molecule has 0 bridgehead atoms. The quantitative estimate of drug-likeness (QED) is 0.715. The zero-order chi connectivity index (χ0) is 16.2. The molecule has 0 aliphatic heterocycles. The molecule has 0 saturated heterocycles. The lowest BCUT2D eigenvalue weighted by Gasteiger charge is -2.28. The van der Waals surface area contributed by atoms with Crippen LogP contribution in [0.4, 0.5) is 0 Å².